The molecule has 1 heterocycles. The van der Waals surface area contributed by atoms with Gasteiger partial charge in [0, 0.05) is 7.05 Å². The molecule has 4 nitrogen and oxygen atoms in total. The van der Waals surface area contributed by atoms with Crippen LogP contribution in [0.25, 0.3) is 0 Å². The van der Waals surface area contributed by atoms with E-state index in [1.165, 1.54) is 0 Å². The van der Waals surface area contributed by atoms with E-state index in [0.29, 0.717) is 6.54 Å². The van der Waals surface area contributed by atoms with Crippen molar-refractivity contribution < 1.29 is 5.21 Å². The minimum absolute atomic E-state index is 0.447. The summed E-state index contributed by atoms with van der Waals surface area (Å²) in [5.74, 6) is 0. The molecule has 56 valence electrons. The Morgan fingerprint density at radius 2 is 2.50 bits per heavy atom. The van der Waals surface area contributed by atoms with E-state index in [-0.39, 0.29) is 0 Å². The van der Waals surface area contributed by atoms with Crippen LogP contribution in [-0.4, -0.2) is 15.0 Å². The lowest BCUT2D eigenvalue weighted by molar-refractivity contribution is 0.158. The number of nitrogens with zero attached hydrogens (tertiary/aromatic N) is 2. The molecular formula is C6H11N3O. The maximum atomic E-state index is 8.40. The first-order valence-electron chi connectivity index (χ1n) is 3.10. The Morgan fingerprint density at radius 1 is 1.80 bits per heavy atom. The number of hydroxylamine groups is 1. The van der Waals surface area contributed by atoms with Crippen LogP contribution in [0, 0.1) is 6.92 Å². The van der Waals surface area contributed by atoms with Gasteiger partial charge in [0.25, 0.3) is 0 Å². The van der Waals surface area contributed by atoms with E-state index in [4.69, 9.17) is 5.21 Å². The highest BCUT2D eigenvalue weighted by molar-refractivity contribution is 5.14. The number of aromatic nitrogens is 2. The molecule has 0 atom stereocenters. The summed E-state index contributed by atoms with van der Waals surface area (Å²) in [4.78, 5) is 0. The third-order valence-corrected chi connectivity index (χ3v) is 1.52. The van der Waals surface area contributed by atoms with Gasteiger partial charge < -0.3 is 5.21 Å². The molecule has 0 fully saturated rings. The quantitative estimate of drug-likeness (QED) is 0.579. The molecule has 0 aliphatic carbocycles. The molecule has 1 aromatic rings. The fraction of sp³-hybridized carbons (Fsp3) is 0.500. The van der Waals surface area contributed by atoms with Gasteiger partial charge in [-0.3, -0.25) is 4.68 Å². The van der Waals surface area contributed by atoms with E-state index < -0.39 is 0 Å². The number of aryl methyl sites for hydroxylation is 2. The predicted octanol–water partition coefficient (Wildman–Crippen LogP) is 0.207. The number of hydrogen-bond acceptors (Lipinski definition) is 3. The first-order chi connectivity index (χ1) is 4.75. The molecule has 4 heteroatoms. The highest BCUT2D eigenvalue weighted by atomic mass is 16.5. The summed E-state index contributed by atoms with van der Waals surface area (Å²) in [6, 6.07) is 0. The molecular weight excluding hydrogens is 130 g/mol. The van der Waals surface area contributed by atoms with E-state index in [1.807, 2.05) is 14.0 Å². The Balaban J connectivity index is 2.87. The van der Waals surface area contributed by atoms with Crippen molar-refractivity contribution in [2.24, 2.45) is 7.05 Å². The minimum Gasteiger partial charge on any atom is -0.316 e. The minimum atomic E-state index is 0.447. The van der Waals surface area contributed by atoms with E-state index in [2.05, 4.69) is 10.6 Å². The third-order valence-electron chi connectivity index (χ3n) is 1.52. The average Bonchev–Trinajstić information content (AvgIpc) is 2.20. The van der Waals surface area contributed by atoms with Crippen LogP contribution in [0.2, 0.25) is 0 Å². The van der Waals surface area contributed by atoms with E-state index in [0.717, 1.165) is 11.3 Å². The van der Waals surface area contributed by atoms with Gasteiger partial charge in [0.2, 0.25) is 0 Å². The van der Waals surface area contributed by atoms with Crippen molar-refractivity contribution in [2.45, 2.75) is 13.5 Å². The van der Waals surface area contributed by atoms with Crippen molar-refractivity contribution in [1.82, 2.24) is 15.3 Å². The van der Waals surface area contributed by atoms with Crippen LogP contribution in [0.3, 0.4) is 0 Å². The third kappa shape index (κ3) is 1.17. The van der Waals surface area contributed by atoms with Gasteiger partial charge in [-0.2, -0.15) is 10.6 Å². The van der Waals surface area contributed by atoms with Crippen molar-refractivity contribution in [1.29, 1.82) is 0 Å². The maximum Gasteiger partial charge on any atom is 0.0630 e. The van der Waals surface area contributed by atoms with Crippen LogP contribution in [-0.2, 0) is 13.6 Å². The first-order valence-corrected chi connectivity index (χ1v) is 3.10. The van der Waals surface area contributed by atoms with Crippen LogP contribution in [0.4, 0.5) is 0 Å². The normalized spacial score (nSPS) is 10.3. The molecule has 0 unspecified atom stereocenters. The highest BCUT2D eigenvalue weighted by Crippen LogP contribution is 2.03. The second kappa shape index (κ2) is 2.81. The van der Waals surface area contributed by atoms with Crippen molar-refractivity contribution in [3.05, 3.63) is 17.5 Å². The fourth-order valence-corrected chi connectivity index (χ4v) is 0.901. The molecule has 1 aromatic heterocycles. The van der Waals surface area contributed by atoms with Crippen molar-refractivity contribution in [3.8, 4) is 0 Å². The molecule has 0 bridgehead atoms. The van der Waals surface area contributed by atoms with Crippen LogP contribution < -0.4 is 5.48 Å². The molecule has 0 aliphatic heterocycles. The zero-order chi connectivity index (χ0) is 7.56. The first kappa shape index (κ1) is 7.24. The van der Waals surface area contributed by atoms with Crippen LogP contribution in [0.1, 0.15) is 11.3 Å². The summed E-state index contributed by atoms with van der Waals surface area (Å²) < 4.78 is 1.73. The molecule has 0 saturated heterocycles. The van der Waals surface area contributed by atoms with Gasteiger partial charge in [-0.05, 0) is 12.5 Å². The van der Waals surface area contributed by atoms with Gasteiger partial charge in [0.1, 0.15) is 0 Å². The Labute approximate surface area is 59.4 Å². The van der Waals surface area contributed by atoms with Crippen LogP contribution >= 0.6 is 0 Å². The topological polar surface area (TPSA) is 50.1 Å². The molecule has 0 aliphatic rings. The standard InChI is InChI=1S/C6H11N3O/c1-5-3-7-9(2)6(5)4-8-10/h3,8,10H,4H2,1-2H3. The lowest BCUT2D eigenvalue weighted by atomic mass is 10.3. The van der Waals surface area contributed by atoms with Gasteiger partial charge in [-0.25, -0.2) is 0 Å². The number of hydrogen-bond donors (Lipinski definition) is 2. The Kier molecular flexibility index (Phi) is 2.03. The van der Waals surface area contributed by atoms with Gasteiger partial charge in [0.15, 0.2) is 0 Å². The predicted molar refractivity (Wildman–Crippen MR) is 36.6 cm³/mol. The highest BCUT2D eigenvalue weighted by Gasteiger charge is 2.01. The SMILES string of the molecule is Cc1cnn(C)c1CNO. The molecule has 1 rings (SSSR count). The van der Waals surface area contributed by atoms with Crippen molar-refractivity contribution in [3.63, 3.8) is 0 Å². The number of nitrogens with one attached hydrogen (secondary N) is 1. The van der Waals surface area contributed by atoms with Crippen molar-refractivity contribution >= 4 is 0 Å². The van der Waals surface area contributed by atoms with Crippen LogP contribution in [0.15, 0.2) is 6.20 Å². The summed E-state index contributed by atoms with van der Waals surface area (Å²) in [6.45, 7) is 2.40. The van der Waals surface area contributed by atoms with E-state index in [1.54, 1.807) is 10.9 Å². The molecule has 0 spiro atoms. The molecule has 0 saturated carbocycles. The summed E-state index contributed by atoms with van der Waals surface area (Å²) in [5, 5.41) is 12.4. The smallest absolute Gasteiger partial charge is 0.0630 e. The van der Waals surface area contributed by atoms with Gasteiger partial charge >= 0.3 is 0 Å². The van der Waals surface area contributed by atoms with E-state index >= 15 is 0 Å². The Morgan fingerprint density at radius 3 is 2.90 bits per heavy atom. The van der Waals surface area contributed by atoms with Gasteiger partial charge in [-0.15, -0.1) is 0 Å². The van der Waals surface area contributed by atoms with Crippen LogP contribution in [0.5, 0.6) is 0 Å². The zero-order valence-electron chi connectivity index (χ0n) is 6.13. The fourth-order valence-electron chi connectivity index (χ4n) is 0.901. The summed E-state index contributed by atoms with van der Waals surface area (Å²) >= 11 is 0. The Hall–Kier alpha value is -0.870. The molecule has 0 aromatic carbocycles. The van der Waals surface area contributed by atoms with Gasteiger partial charge in [0.05, 0.1) is 18.4 Å². The lowest BCUT2D eigenvalue weighted by Gasteiger charge is -1.99. The largest absolute Gasteiger partial charge is 0.316 e. The summed E-state index contributed by atoms with van der Waals surface area (Å²) in [7, 11) is 1.85. The van der Waals surface area contributed by atoms with Crippen molar-refractivity contribution in [2.75, 3.05) is 0 Å². The summed E-state index contributed by atoms with van der Waals surface area (Å²) in [6.07, 6.45) is 1.77. The zero-order valence-corrected chi connectivity index (χ0v) is 6.13. The lowest BCUT2D eigenvalue weighted by Crippen LogP contribution is -2.11. The monoisotopic (exact) mass is 141 g/mol. The molecule has 0 amide bonds. The molecule has 0 radical (unpaired) electrons. The number of rotatable bonds is 2. The summed E-state index contributed by atoms with van der Waals surface area (Å²) in [5.41, 5.74) is 4.18. The second-order valence-corrected chi connectivity index (χ2v) is 2.23. The average molecular weight is 141 g/mol. The van der Waals surface area contributed by atoms with E-state index in [9.17, 15) is 0 Å². The Bertz CT molecular complexity index is 199. The molecule has 2 N–H and O–H groups in total. The maximum absolute atomic E-state index is 8.40. The molecule has 10 heavy (non-hydrogen) atoms. The second-order valence-electron chi connectivity index (χ2n) is 2.23. The van der Waals surface area contributed by atoms with Gasteiger partial charge in [-0.1, -0.05) is 0 Å².